The van der Waals surface area contributed by atoms with Crippen LogP contribution in [-0.4, -0.2) is 37.9 Å². The molecule has 0 fully saturated rings. The summed E-state index contributed by atoms with van der Waals surface area (Å²) in [6.07, 6.45) is 49.9. The Morgan fingerprint density at radius 1 is 0.423 bits per heavy atom. The number of hydrogen-bond acceptors (Lipinski definition) is 5. The Kier molecular flexibility index (Phi) is 42.0. The van der Waals surface area contributed by atoms with E-state index in [9.17, 15) is 9.59 Å². The normalized spacial score (nSPS) is 12.4. The monoisotopic (exact) mass is 731 g/mol. The molecule has 0 aliphatic rings. The van der Waals surface area contributed by atoms with Gasteiger partial charge in [0.2, 0.25) is 0 Å². The molecule has 0 aromatic heterocycles. The van der Waals surface area contributed by atoms with Crippen LogP contribution < -0.4 is 0 Å². The van der Waals surface area contributed by atoms with Crippen molar-refractivity contribution in [2.24, 2.45) is 0 Å². The van der Waals surface area contributed by atoms with Gasteiger partial charge >= 0.3 is 11.9 Å². The van der Waals surface area contributed by atoms with Gasteiger partial charge in [-0.1, -0.05) is 179 Å². The van der Waals surface area contributed by atoms with Crippen molar-refractivity contribution in [3.05, 3.63) is 36.5 Å². The minimum atomic E-state index is -0.539. The molecule has 0 rings (SSSR count). The maximum absolute atomic E-state index is 12.7. The highest BCUT2D eigenvalue weighted by Crippen LogP contribution is 2.13. The number of rotatable bonds is 41. The van der Waals surface area contributed by atoms with Crippen LogP contribution >= 0.6 is 0 Å². The van der Waals surface area contributed by atoms with Crippen LogP contribution in [0.5, 0.6) is 0 Å². The Labute approximate surface area is 323 Å². The number of carbonyl (C=O) groups excluding carboxylic acids is 2. The first-order valence-electron chi connectivity index (χ1n) is 22.5. The number of ether oxygens (including phenoxy) is 3. The lowest BCUT2D eigenvalue weighted by Crippen LogP contribution is -2.30. The molecule has 1 atom stereocenters. The molecule has 1 unspecified atom stereocenters. The molecule has 0 saturated carbocycles. The Hall–Kier alpha value is -1.88. The maximum Gasteiger partial charge on any atom is 0.306 e. The van der Waals surface area contributed by atoms with E-state index < -0.39 is 6.10 Å². The van der Waals surface area contributed by atoms with Gasteiger partial charge in [0.25, 0.3) is 0 Å². The second kappa shape index (κ2) is 43.5. The van der Waals surface area contributed by atoms with Gasteiger partial charge in [0.15, 0.2) is 6.10 Å². The third-order valence-electron chi connectivity index (χ3n) is 9.63. The molecule has 0 aromatic carbocycles. The van der Waals surface area contributed by atoms with E-state index in [1.165, 1.54) is 122 Å². The van der Waals surface area contributed by atoms with E-state index in [0.717, 1.165) is 70.6 Å². The molecule has 0 aromatic rings. The highest BCUT2D eigenvalue weighted by Gasteiger charge is 2.17. The number of hydrogen-bond donors (Lipinski definition) is 0. The minimum Gasteiger partial charge on any atom is -0.462 e. The van der Waals surface area contributed by atoms with Crippen molar-refractivity contribution in [3.63, 3.8) is 0 Å². The van der Waals surface area contributed by atoms with Crippen LogP contribution in [-0.2, 0) is 23.8 Å². The lowest BCUT2D eigenvalue weighted by molar-refractivity contribution is -0.163. The summed E-state index contributed by atoms with van der Waals surface area (Å²) in [7, 11) is 0. The zero-order valence-corrected chi connectivity index (χ0v) is 34.8. The molecule has 304 valence electrons. The van der Waals surface area contributed by atoms with E-state index in [1.807, 2.05) is 0 Å². The van der Waals surface area contributed by atoms with Gasteiger partial charge in [-0.15, -0.1) is 0 Å². The summed E-state index contributed by atoms with van der Waals surface area (Å²) in [6.45, 7) is 7.73. The molecule has 0 heterocycles. The van der Waals surface area contributed by atoms with Crippen LogP contribution in [0.2, 0.25) is 0 Å². The molecule has 5 nitrogen and oxygen atoms in total. The highest BCUT2D eigenvalue weighted by atomic mass is 16.6. The summed E-state index contributed by atoms with van der Waals surface area (Å²) < 4.78 is 17.2. The lowest BCUT2D eigenvalue weighted by Gasteiger charge is -2.18. The van der Waals surface area contributed by atoms with Gasteiger partial charge in [0.05, 0.1) is 6.61 Å². The van der Waals surface area contributed by atoms with Crippen LogP contribution in [0.15, 0.2) is 36.5 Å². The van der Waals surface area contributed by atoms with Crippen LogP contribution in [0.3, 0.4) is 0 Å². The van der Waals surface area contributed by atoms with E-state index in [1.54, 1.807) is 0 Å². The van der Waals surface area contributed by atoms with E-state index in [4.69, 9.17) is 14.2 Å². The van der Waals surface area contributed by atoms with Crippen LogP contribution in [0, 0.1) is 0 Å². The standard InChI is InChI=1S/C47H86O5/c1-4-7-10-13-16-19-21-23-24-26-27-29-31-34-37-40-46(48)51-44-45(43-50-42-39-36-33-18-15-12-9-6-3)52-47(49)41-38-35-32-30-28-25-22-20-17-14-11-8-5-2/h11,14,20,22-24,45H,4-10,12-13,15-19,21,25-44H2,1-3H3/b14-11-,22-20-,24-23-. The number of esters is 2. The van der Waals surface area contributed by atoms with Crippen molar-refractivity contribution in [1.29, 1.82) is 0 Å². The van der Waals surface area contributed by atoms with Gasteiger partial charge in [-0.05, 0) is 70.6 Å². The molecule has 5 heteroatoms. The first kappa shape index (κ1) is 50.1. The number of unbranched alkanes of at least 4 members (excludes halogenated alkanes) is 24. The number of allylic oxidation sites excluding steroid dienone is 6. The van der Waals surface area contributed by atoms with Crippen LogP contribution in [0.25, 0.3) is 0 Å². The largest absolute Gasteiger partial charge is 0.462 e. The molecule has 0 amide bonds. The molecule has 52 heavy (non-hydrogen) atoms. The summed E-state index contributed by atoms with van der Waals surface area (Å²) in [5.74, 6) is -0.419. The minimum absolute atomic E-state index is 0.0784. The fraction of sp³-hybridized carbons (Fsp3) is 0.830. The SMILES string of the molecule is CCC/C=C\C/C=C\CCCCCCCC(=O)OC(COCCCCCCCCCC)COC(=O)CCCCCCC/C=C\CCCCCCCC. The summed E-state index contributed by atoms with van der Waals surface area (Å²) in [5.41, 5.74) is 0. The average molecular weight is 731 g/mol. The first-order valence-corrected chi connectivity index (χ1v) is 22.5. The fourth-order valence-corrected chi connectivity index (χ4v) is 6.25. The van der Waals surface area contributed by atoms with E-state index in [0.29, 0.717) is 19.4 Å². The lowest BCUT2D eigenvalue weighted by atomic mass is 10.1. The van der Waals surface area contributed by atoms with Gasteiger partial charge in [-0.3, -0.25) is 9.59 Å². The highest BCUT2D eigenvalue weighted by molar-refractivity contribution is 5.70. The Morgan fingerprint density at radius 2 is 0.846 bits per heavy atom. The smallest absolute Gasteiger partial charge is 0.306 e. The third-order valence-corrected chi connectivity index (χ3v) is 9.63. The number of carbonyl (C=O) groups is 2. The molecular formula is C47H86O5. The predicted molar refractivity (Wildman–Crippen MR) is 224 cm³/mol. The summed E-state index contributed by atoms with van der Waals surface area (Å²) in [6, 6.07) is 0. The quantitative estimate of drug-likeness (QED) is 0.0356. The summed E-state index contributed by atoms with van der Waals surface area (Å²) in [4.78, 5) is 25.2. The second-order valence-electron chi connectivity index (χ2n) is 15.0. The van der Waals surface area contributed by atoms with Crippen molar-refractivity contribution >= 4 is 11.9 Å². The van der Waals surface area contributed by atoms with Gasteiger partial charge < -0.3 is 14.2 Å². The Morgan fingerprint density at radius 3 is 1.37 bits per heavy atom. The predicted octanol–water partition coefficient (Wildman–Crippen LogP) is 14.7. The van der Waals surface area contributed by atoms with E-state index in [2.05, 4.69) is 57.2 Å². The third kappa shape index (κ3) is 40.9. The molecule has 0 bridgehead atoms. The van der Waals surface area contributed by atoms with Gasteiger partial charge in [-0.2, -0.15) is 0 Å². The molecular weight excluding hydrogens is 645 g/mol. The van der Waals surface area contributed by atoms with Crippen LogP contribution in [0.1, 0.15) is 226 Å². The maximum atomic E-state index is 12.7. The summed E-state index contributed by atoms with van der Waals surface area (Å²) >= 11 is 0. The molecule has 0 saturated heterocycles. The van der Waals surface area contributed by atoms with E-state index in [-0.39, 0.29) is 25.2 Å². The average Bonchev–Trinajstić information content (AvgIpc) is 3.14. The Balaban J connectivity index is 4.21. The van der Waals surface area contributed by atoms with Crippen molar-refractivity contribution in [2.45, 2.75) is 232 Å². The zero-order chi connectivity index (χ0) is 37.8. The second-order valence-corrected chi connectivity index (χ2v) is 15.0. The first-order chi connectivity index (χ1) is 25.6. The molecule has 0 N–H and O–H groups in total. The zero-order valence-electron chi connectivity index (χ0n) is 34.8. The van der Waals surface area contributed by atoms with Gasteiger partial charge in [-0.25, -0.2) is 0 Å². The molecule has 0 spiro atoms. The fourth-order valence-electron chi connectivity index (χ4n) is 6.25. The van der Waals surface area contributed by atoms with Crippen molar-refractivity contribution in [1.82, 2.24) is 0 Å². The van der Waals surface area contributed by atoms with Gasteiger partial charge in [0, 0.05) is 19.4 Å². The van der Waals surface area contributed by atoms with Crippen molar-refractivity contribution in [2.75, 3.05) is 19.8 Å². The molecule has 0 aliphatic heterocycles. The molecule has 0 aliphatic carbocycles. The summed E-state index contributed by atoms with van der Waals surface area (Å²) in [5, 5.41) is 0. The Bertz CT molecular complexity index is 832. The molecule has 0 radical (unpaired) electrons. The van der Waals surface area contributed by atoms with Crippen LogP contribution in [0.4, 0.5) is 0 Å². The van der Waals surface area contributed by atoms with E-state index >= 15 is 0 Å². The van der Waals surface area contributed by atoms with Crippen molar-refractivity contribution in [3.8, 4) is 0 Å². The van der Waals surface area contributed by atoms with Crippen molar-refractivity contribution < 1.29 is 23.8 Å². The topological polar surface area (TPSA) is 61.8 Å². The van der Waals surface area contributed by atoms with Gasteiger partial charge in [0.1, 0.15) is 6.61 Å².